The molecule has 0 saturated heterocycles. The Balaban J connectivity index is 1.27. The molecule has 2 heterocycles. The van der Waals surface area contributed by atoms with E-state index in [0.717, 1.165) is 38.5 Å². The third kappa shape index (κ3) is 5.00. The number of carbonyl (C=O) groups is 2. The summed E-state index contributed by atoms with van der Waals surface area (Å²) in [4.78, 5) is 34.1. The van der Waals surface area contributed by atoms with E-state index in [1.165, 1.54) is 0 Å². The van der Waals surface area contributed by atoms with Crippen LogP contribution in [0.15, 0.2) is 24.8 Å². The number of aromatic nitrogens is 4. The molecule has 2 amide bonds. The molecule has 2 N–H and O–H groups in total. The predicted octanol–water partition coefficient (Wildman–Crippen LogP) is 2.36. The molecule has 3 aliphatic carbocycles. The summed E-state index contributed by atoms with van der Waals surface area (Å²) in [7, 11) is 1.54. The fourth-order valence-corrected chi connectivity index (χ4v) is 4.25. The van der Waals surface area contributed by atoms with Crippen LogP contribution in [0.1, 0.15) is 44.2 Å². The van der Waals surface area contributed by atoms with Crippen molar-refractivity contribution in [1.82, 2.24) is 25.1 Å². The van der Waals surface area contributed by atoms with Crippen LogP contribution in [0, 0.1) is 17.8 Å². The van der Waals surface area contributed by atoms with Gasteiger partial charge in [0.1, 0.15) is 17.8 Å². The zero-order valence-electron chi connectivity index (χ0n) is 18.1. The summed E-state index contributed by atoms with van der Waals surface area (Å²) >= 11 is 0. The van der Waals surface area contributed by atoms with Gasteiger partial charge in [-0.15, -0.1) is 0 Å². The van der Waals surface area contributed by atoms with Gasteiger partial charge < -0.3 is 20.1 Å². The van der Waals surface area contributed by atoms with Gasteiger partial charge in [-0.3, -0.25) is 14.5 Å². The summed E-state index contributed by atoms with van der Waals surface area (Å²) in [6.45, 7) is 0.356. The first-order valence-electron chi connectivity index (χ1n) is 11.2. The van der Waals surface area contributed by atoms with Crippen molar-refractivity contribution in [2.45, 2.75) is 57.2 Å². The number of carbonyl (C=O) groups excluding carboxylic acids is 2. The number of anilines is 1. The fourth-order valence-electron chi connectivity index (χ4n) is 4.25. The molecule has 3 aliphatic rings. The molecule has 170 valence electrons. The molecule has 3 fully saturated rings. The maximum atomic E-state index is 13.3. The second-order valence-corrected chi connectivity index (χ2v) is 8.91. The van der Waals surface area contributed by atoms with Gasteiger partial charge in [0.2, 0.25) is 11.8 Å². The summed E-state index contributed by atoms with van der Waals surface area (Å²) < 4.78 is 12.3. The van der Waals surface area contributed by atoms with Gasteiger partial charge in [0.25, 0.3) is 0 Å². The van der Waals surface area contributed by atoms with E-state index in [2.05, 4.69) is 25.7 Å². The molecule has 2 aromatic heterocycles. The molecule has 0 radical (unpaired) electrons. The molecule has 0 aliphatic heterocycles. The van der Waals surface area contributed by atoms with E-state index >= 15 is 0 Å². The zero-order valence-corrected chi connectivity index (χ0v) is 18.1. The van der Waals surface area contributed by atoms with Gasteiger partial charge >= 0.3 is 6.09 Å². The van der Waals surface area contributed by atoms with Gasteiger partial charge in [-0.2, -0.15) is 5.10 Å². The summed E-state index contributed by atoms with van der Waals surface area (Å²) in [5, 5.41) is 10.1. The van der Waals surface area contributed by atoms with E-state index < -0.39 is 12.1 Å². The first-order valence-corrected chi connectivity index (χ1v) is 11.2. The Bertz CT molecular complexity index is 970. The topological polar surface area (TPSA) is 120 Å². The zero-order chi connectivity index (χ0) is 22.1. The van der Waals surface area contributed by atoms with E-state index in [4.69, 9.17) is 9.47 Å². The SMILES string of the molecule is COc1nccnc1Cn1cc(NC(=O)C(NC(=O)OC2CC2)C(C2CC2)C2CC2)cn1. The maximum Gasteiger partial charge on any atom is 0.408 e. The second kappa shape index (κ2) is 8.76. The highest BCUT2D eigenvalue weighted by Crippen LogP contribution is 2.50. The monoisotopic (exact) mass is 440 g/mol. The number of methoxy groups -OCH3 is 1. The van der Waals surface area contributed by atoms with Crippen molar-refractivity contribution < 1.29 is 19.1 Å². The van der Waals surface area contributed by atoms with Crippen molar-refractivity contribution in [2.24, 2.45) is 17.8 Å². The van der Waals surface area contributed by atoms with Crippen LogP contribution in [0.25, 0.3) is 0 Å². The van der Waals surface area contributed by atoms with E-state index in [1.807, 2.05) is 0 Å². The quantitative estimate of drug-likeness (QED) is 0.582. The molecule has 0 aromatic carbocycles. The molecular formula is C22H28N6O4. The van der Waals surface area contributed by atoms with Crippen LogP contribution in [-0.4, -0.2) is 51.0 Å². The Morgan fingerprint density at radius 3 is 2.50 bits per heavy atom. The summed E-state index contributed by atoms with van der Waals surface area (Å²) in [6, 6.07) is -0.607. The molecule has 10 heteroatoms. The van der Waals surface area contributed by atoms with Gasteiger partial charge in [-0.1, -0.05) is 0 Å². The van der Waals surface area contributed by atoms with Crippen LogP contribution in [0.3, 0.4) is 0 Å². The first-order chi connectivity index (χ1) is 15.6. The van der Waals surface area contributed by atoms with Crippen LogP contribution in [0.4, 0.5) is 10.5 Å². The Kier molecular flexibility index (Phi) is 5.67. The Hall–Kier alpha value is -3.17. The molecule has 10 nitrogen and oxygen atoms in total. The predicted molar refractivity (Wildman–Crippen MR) is 114 cm³/mol. The second-order valence-electron chi connectivity index (χ2n) is 8.91. The fraction of sp³-hybridized carbons (Fsp3) is 0.591. The third-order valence-electron chi connectivity index (χ3n) is 6.21. The number of nitrogens with zero attached hydrogens (tertiary/aromatic N) is 4. The van der Waals surface area contributed by atoms with Crippen molar-refractivity contribution >= 4 is 17.7 Å². The van der Waals surface area contributed by atoms with E-state index in [1.54, 1.807) is 36.6 Å². The van der Waals surface area contributed by atoms with Crippen molar-refractivity contribution in [3.63, 3.8) is 0 Å². The first kappa shape index (κ1) is 20.7. The van der Waals surface area contributed by atoms with Gasteiger partial charge in [0.05, 0.1) is 25.5 Å². The number of hydrogen-bond acceptors (Lipinski definition) is 7. The van der Waals surface area contributed by atoms with E-state index in [0.29, 0.717) is 35.6 Å². The van der Waals surface area contributed by atoms with Gasteiger partial charge in [0, 0.05) is 18.6 Å². The maximum absolute atomic E-state index is 13.3. The molecule has 0 bridgehead atoms. The number of ether oxygens (including phenoxy) is 2. The van der Waals surface area contributed by atoms with Gasteiger partial charge in [-0.25, -0.2) is 9.78 Å². The van der Waals surface area contributed by atoms with Crippen LogP contribution < -0.4 is 15.4 Å². The minimum absolute atomic E-state index is 0.00433. The number of rotatable bonds is 10. The average molecular weight is 441 g/mol. The molecular weight excluding hydrogens is 412 g/mol. The molecule has 1 unspecified atom stereocenters. The number of alkyl carbamates (subject to hydrolysis) is 1. The Labute approximate surface area is 186 Å². The smallest absolute Gasteiger partial charge is 0.408 e. The minimum atomic E-state index is -0.607. The molecule has 0 spiro atoms. The minimum Gasteiger partial charge on any atom is -0.480 e. The van der Waals surface area contributed by atoms with Crippen LogP contribution >= 0.6 is 0 Å². The highest BCUT2D eigenvalue weighted by Gasteiger charge is 2.48. The summed E-state index contributed by atoms with van der Waals surface area (Å²) in [5.41, 5.74) is 1.20. The summed E-state index contributed by atoms with van der Waals surface area (Å²) in [5.74, 6) is 1.35. The average Bonchev–Trinajstić information content (AvgIpc) is 3.64. The van der Waals surface area contributed by atoms with Crippen LogP contribution in [0.5, 0.6) is 5.88 Å². The number of amides is 2. The third-order valence-corrected chi connectivity index (χ3v) is 6.21. The van der Waals surface area contributed by atoms with Crippen molar-refractivity contribution in [3.8, 4) is 5.88 Å². The lowest BCUT2D eigenvalue weighted by Crippen LogP contribution is -2.50. The van der Waals surface area contributed by atoms with Crippen molar-refractivity contribution in [3.05, 3.63) is 30.5 Å². The van der Waals surface area contributed by atoms with Crippen molar-refractivity contribution in [1.29, 1.82) is 0 Å². The highest BCUT2D eigenvalue weighted by atomic mass is 16.6. The van der Waals surface area contributed by atoms with Gasteiger partial charge in [0.15, 0.2) is 0 Å². The molecule has 2 aromatic rings. The molecule has 5 rings (SSSR count). The Morgan fingerprint density at radius 2 is 1.84 bits per heavy atom. The standard InChI is InChI=1S/C22H28N6O4/c1-31-21-17(23-8-9-24-21)12-28-11-15(10-25-28)26-20(29)19(27-22(30)32-16-6-7-16)18(13-2-3-13)14-4-5-14/h8-11,13-14,16,18-19H,2-7,12H2,1H3,(H,26,29)(H,27,30). The van der Waals surface area contributed by atoms with Crippen molar-refractivity contribution in [2.75, 3.05) is 12.4 Å². The lowest BCUT2D eigenvalue weighted by atomic mass is 9.89. The number of nitrogens with one attached hydrogen (secondary N) is 2. The Morgan fingerprint density at radius 1 is 1.12 bits per heavy atom. The summed E-state index contributed by atoms with van der Waals surface area (Å²) in [6.07, 6.45) is 12.2. The van der Waals surface area contributed by atoms with Crippen LogP contribution in [-0.2, 0) is 16.1 Å². The van der Waals surface area contributed by atoms with E-state index in [9.17, 15) is 9.59 Å². The highest BCUT2D eigenvalue weighted by molar-refractivity contribution is 5.96. The lowest BCUT2D eigenvalue weighted by Gasteiger charge is -2.27. The lowest BCUT2D eigenvalue weighted by molar-refractivity contribution is -0.119. The normalized spacial score (nSPS) is 18.8. The molecule has 3 saturated carbocycles. The van der Waals surface area contributed by atoms with E-state index in [-0.39, 0.29) is 17.9 Å². The van der Waals surface area contributed by atoms with Gasteiger partial charge in [-0.05, 0) is 56.3 Å². The molecule has 32 heavy (non-hydrogen) atoms. The largest absolute Gasteiger partial charge is 0.480 e. The molecule has 1 atom stereocenters. The number of hydrogen-bond donors (Lipinski definition) is 2. The van der Waals surface area contributed by atoms with Crippen LogP contribution in [0.2, 0.25) is 0 Å².